The molecule has 0 saturated heterocycles. The lowest BCUT2D eigenvalue weighted by molar-refractivity contribution is -0.160. The van der Waals surface area contributed by atoms with Gasteiger partial charge >= 0.3 is 5.97 Å². The van der Waals surface area contributed by atoms with Crippen molar-refractivity contribution in [1.29, 1.82) is 0 Å². The first kappa shape index (κ1) is 11.5. The minimum absolute atomic E-state index is 0.00998. The molecular formula is C10H20O2. The smallest absolute Gasteiger partial charge is 0.309 e. The molecule has 0 unspecified atom stereocenters. The average molecular weight is 172 g/mol. The summed E-state index contributed by atoms with van der Waals surface area (Å²) in [6.45, 7) is 11.6. The maximum absolute atomic E-state index is 11.4. The average Bonchev–Trinajstić information content (AvgIpc) is 1.82. The van der Waals surface area contributed by atoms with Crippen LogP contribution in [0.5, 0.6) is 0 Å². The number of carbonyl (C=O) groups is 1. The first-order chi connectivity index (χ1) is 5.24. The Kier molecular flexibility index (Phi) is 3.75. The Balaban J connectivity index is 4.05. The maximum atomic E-state index is 11.4. The highest BCUT2D eigenvalue weighted by molar-refractivity contribution is 5.72. The molecule has 2 heteroatoms. The molecule has 2 nitrogen and oxygen atoms in total. The Morgan fingerprint density at radius 1 is 1.17 bits per heavy atom. The largest absolute Gasteiger partial charge is 0.460 e. The molecule has 0 N–H and O–H groups in total. The van der Waals surface area contributed by atoms with Crippen LogP contribution in [0.25, 0.3) is 0 Å². The Hall–Kier alpha value is -0.530. The summed E-state index contributed by atoms with van der Waals surface area (Å²) in [6.07, 6.45) is 0. The van der Waals surface area contributed by atoms with E-state index in [4.69, 9.17) is 4.74 Å². The molecule has 1 atom stereocenters. The molecule has 0 aromatic heterocycles. The van der Waals surface area contributed by atoms with Gasteiger partial charge in [0.15, 0.2) is 0 Å². The van der Waals surface area contributed by atoms with Crippen LogP contribution in [0, 0.1) is 11.8 Å². The van der Waals surface area contributed by atoms with E-state index in [1.165, 1.54) is 0 Å². The van der Waals surface area contributed by atoms with Crippen LogP contribution in [-0.4, -0.2) is 11.6 Å². The number of carbonyl (C=O) groups excluding carboxylic acids is 1. The number of ether oxygens (including phenoxy) is 1. The van der Waals surface area contributed by atoms with Gasteiger partial charge in [0.25, 0.3) is 0 Å². The van der Waals surface area contributed by atoms with E-state index in [-0.39, 0.29) is 17.5 Å². The molecule has 0 rings (SSSR count). The van der Waals surface area contributed by atoms with Crippen LogP contribution in [0.2, 0.25) is 0 Å². The van der Waals surface area contributed by atoms with Crippen molar-refractivity contribution < 1.29 is 9.53 Å². The van der Waals surface area contributed by atoms with Gasteiger partial charge in [-0.2, -0.15) is 0 Å². The monoisotopic (exact) mass is 172 g/mol. The van der Waals surface area contributed by atoms with Crippen LogP contribution in [0.3, 0.4) is 0 Å². The van der Waals surface area contributed by atoms with Gasteiger partial charge in [-0.15, -0.1) is 0 Å². The van der Waals surface area contributed by atoms with Crippen LogP contribution >= 0.6 is 0 Å². The van der Waals surface area contributed by atoms with Crippen LogP contribution in [0.15, 0.2) is 0 Å². The van der Waals surface area contributed by atoms with E-state index >= 15 is 0 Å². The van der Waals surface area contributed by atoms with Crippen molar-refractivity contribution >= 4 is 5.97 Å². The predicted molar refractivity (Wildman–Crippen MR) is 49.8 cm³/mol. The zero-order valence-electron chi connectivity index (χ0n) is 8.97. The van der Waals surface area contributed by atoms with Crippen molar-refractivity contribution in [3.05, 3.63) is 0 Å². The Morgan fingerprint density at radius 3 is 1.83 bits per heavy atom. The number of rotatable bonds is 2. The number of hydrogen-bond donors (Lipinski definition) is 0. The zero-order valence-corrected chi connectivity index (χ0v) is 8.97. The number of hydrogen-bond acceptors (Lipinski definition) is 2. The molecule has 0 fully saturated rings. The minimum Gasteiger partial charge on any atom is -0.460 e. The molecule has 72 valence electrons. The molecule has 0 heterocycles. The Bertz CT molecular complexity index is 154. The van der Waals surface area contributed by atoms with Crippen molar-refractivity contribution in [2.45, 2.75) is 47.1 Å². The van der Waals surface area contributed by atoms with E-state index in [9.17, 15) is 4.79 Å². The van der Waals surface area contributed by atoms with Gasteiger partial charge in [0.2, 0.25) is 0 Å². The summed E-state index contributed by atoms with van der Waals surface area (Å²) in [5.41, 5.74) is -0.361. The van der Waals surface area contributed by atoms with Crippen LogP contribution in [0.4, 0.5) is 0 Å². The second kappa shape index (κ2) is 3.92. The molecule has 0 spiro atoms. The van der Waals surface area contributed by atoms with Gasteiger partial charge in [-0.05, 0) is 26.7 Å². The molecule has 0 aromatic carbocycles. The lowest BCUT2D eigenvalue weighted by atomic mass is 9.98. The van der Waals surface area contributed by atoms with Crippen molar-refractivity contribution in [1.82, 2.24) is 0 Å². The van der Waals surface area contributed by atoms with E-state index in [2.05, 4.69) is 0 Å². The quantitative estimate of drug-likeness (QED) is 0.598. The van der Waals surface area contributed by atoms with E-state index in [1.807, 2.05) is 41.5 Å². The van der Waals surface area contributed by atoms with E-state index in [1.54, 1.807) is 0 Å². The van der Waals surface area contributed by atoms with Crippen LogP contribution < -0.4 is 0 Å². The van der Waals surface area contributed by atoms with Crippen molar-refractivity contribution in [2.75, 3.05) is 0 Å². The van der Waals surface area contributed by atoms with Gasteiger partial charge in [-0.1, -0.05) is 20.8 Å². The summed E-state index contributed by atoms with van der Waals surface area (Å²) in [4.78, 5) is 11.4. The summed E-state index contributed by atoms with van der Waals surface area (Å²) >= 11 is 0. The van der Waals surface area contributed by atoms with Gasteiger partial charge in [-0.3, -0.25) is 4.79 Å². The van der Waals surface area contributed by atoms with E-state index in [0.717, 1.165) is 0 Å². The second-order valence-electron chi connectivity index (χ2n) is 4.57. The summed E-state index contributed by atoms with van der Waals surface area (Å²) in [7, 11) is 0. The van der Waals surface area contributed by atoms with Crippen molar-refractivity contribution in [3.8, 4) is 0 Å². The standard InChI is InChI=1S/C10H20O2/c1-7(2)8(3)9(11)12-10(4,5)6/h7-8H,1-6H3/t8-/m0/s1. The van der Waals surface area contributed by atoms with Gasteiger partial charge in [0.1, 0.15) is 5.60 Å². The third-order valence-electron chi connectivity index (χ3n) is 1.78. The molecule has 0 aliphatic rings. The fraction of sp³-hybridized carbons (Fsp3) is 0.900. The summed E-state index contributed by atoms with van der Waals surface area (Å²) in [5.74, 6) is 0.238. The summed E-state index contributed by atoms with van der Waals surface area (Å²) in [6, 6.07) is 0. The summed E-state index contributed by atoms with van der Waals surface area (Å²) < 4.78 is 5.22. The molecule has 0 amide bonds. The lowest BCUT2D eigenvalue weighted by Gasteiger charge is -2.23. The van der Waals surface area contributed by atoms with Gasteiger partial charge in [0, 0.05) is 0 Å². The maximum Gasteiger partial charge on any atom is 0.309 e. The first-order valence-corrected chi connectivity index (χ1v) is 4.47. The third-order valence-corrected chi connectivity index (χ3v) is 1.78. The van der Waals surface area contributed by atoms with Crippen LogP contribution in [-0.2, 0) is 9.53 Å². The third kappa shape index (κ3) is 4.37. The molecule has 12 heavy (non-hydrogen) atoms. The molecule has 0 aliphatic heterocycles. The Morgan fingerprint density at radius 2 is 1.58 bits per heavy atom. The number of esters is 1. The minimum atomic E-state index is -0.361. The Labute approximate surface area is 75.3 Å². The highest BCUT2D eigenvalue weighted by Gasteiger charge is 2.23. The highest BCUT2D eigenvalue weighted by atomic mass is 16.6. The van der Waals surface area contributed by atoms with Crippen molar-refractivity contribution in [2.24, 2.45) is 11.8 Å². The van der Waals surface area contributed by atoms with E-state index in [0.29, 0.717) is 5.92 Å². The van der Waals surface area contributed by atoms with Crippen LogP contribution in [0.1, 0.15) is 41.5 Å². The van der Waals surface area contributed by atoms with E-state index < -0.39 is 0 Å². The predicted octanol–water partition coefficient (Wildman–Crippen LogP) is 2.62. The zero-order chi connectivity index (χ0) is 9.94. The van der Waals surface area contributed by atoms with Crippen molar-refractivity contribution in [3.63, 3.8) is 0 Å². The molecule has 0 saturated carbocycles. The normalized spacial score (nSPS) is 14.6. The van der Waals surface area contributed by atoms with Gasteiger partial charge < -0.3 is 4.74 Å². The van der Waals surface area contributed by atoms with Gasteiger partial charge in [-0.25, -0.2) is 0 Å². The first-order valence-electron chi connectivity index (χ1n) is 4.47. The molecule has 0 radical (unpaired) electrons. The lowest BCUT2D eigenvalue weighted by Crippen LogP contribution is -2.29. The molecular weight excluding hydrogens is 152 g/mol. The second-order valence-corrected chi connectivity index (χ2v) is 4.57. The topological polar surface area (TPSA) is 26.3 Å². The molecule has 0 aliphatic carbocycles. The molecule has 0 aromatic rings. The SMILES string of the molecule is CC(C)[C@H](C)C(=O)OC(C)(C)C. The molecule has 0 bridgehead atoms. The van der Waals surface area contributed by atoms with Gasteiger partial charge in [0.05, 0.1) is 5.92 Å². The fourth-order valence-corrected chi connectivity index (χ4v) is 0.667. The summed E-state index contributed by atoms with van der Waals surface area (Å²) in [5, 5.41) is 0. The fourth-order valence-electron chi connectivity index (χ4n) is 0.667. The highest BCUT2D eigenvalue weighted by Crippen LogP contribution is 2.16.